The van der Waals surface area contributed by atoms with Gasteiger partial charge in [0.25, 0.3) is 11.2 Å². The molecule has 0 saturated heterocycles. The highest BCUT2D eigenvalue weighted by molar-refractivity contribution is 5.63. The van der Waals surface area contributed by atoms with Crippen molar-refractivity contribution in [2.45, 2.75) is 0 Å². The second kappa shape index (κ2) is 5.26. The predicted molar refractivity (Wildman–Crippen MR) is 50.1 cm³/mol. The van der Waals surface area contributed by atoms with Gasteiger partial charge in [-0.2, -0.15) is 0 Å². The minimum Gasteiger partial charge on any atom is -0.412 e. The molecule has 0 aliphatic heterocycles. The molecule has 0 aliphatic rings. The maximum atomic E-state index is 10.9. The van der Waals surface area contributed by atoms with Crippen molar-refractivity contribution >= 4 is 11.2 Å². The van der Waals surface area contributed by atoms with Gasteiger partial charge in [0.1, 0.15) is 0 Å². The molecule has 0 bridgehead atoms. The lowest BCUT2D eigenvalue weighted by atomic mass is 10.5. The lowest BCUT2D eigenvalue weighted by Gasteiger charge is -1.77. The lowest BCUT2D eigenvalue weighted by Crippen LogP contribution is -2.23. The highest BCUT2D eigenvalue weighted by Crippen LogP contribution is 1.87. The SMILES string of the molecule is O.O=[N+]([O-])[O-].O=c1[nH]c(=O)c2[nH]c[nH+]c2[nH]1. The summed E-state index contributed by atoms with van der Waals surface area (Å²) in [6, 6.07) is 0. The number of aromatic amines is 4. The fraction of sp³-hybridized carbons (Fsp3) is 0. The minimum absolute atomic E-state index is 0. The molecule has 88 valence electrons. The molecule has 0 aromatic carbocycles. The summed E-state index contributed by atoms with van der Waals surface area (Å²) in [5, 5.41) is 14.8. The maximum absolute atomic E-state index is 10.9. The number of hydrogen-bond acceptors (Lipinski definition) is 5. The standard InChI is InChI=1S/C5H4N4O2.NO3.H2O/c10-4-2-3(7-1-6-2)8-5(11)9-4;2-1(3)4;/h1H,(H3,6,7,8,9,10,11);;1H2/q;-1;/p+1. The summed E-state index contributed by atoms with van der Waals surface area (Å²) in [6.07, 6.45) is 1.47. The molecule has 0 spiro atoms. The second-order valence-electron chi connectivity index (χ2n) is 2.31. The van der Waals surface area contributed by atoms with E-state index < -0.39 is 16.3 Å². The first-order valence-electron chi connectivity index (χ1n) is 3.53. The number of hydrogen-bond donors (Lipinski definition) is 3. The number of imidazole rings is 1. The summed E-state index contributed by atoms with van der Waals surface area (Å²) in [4.78, 5) is 39.7. The third kappa shape index (κ3) is 3.22. The molecule has 2 heterocycles. The van der Waals surface area contributed by atoms with Crippen LogP contribution in [0, 0.1) is 15.3 Å². The van der Waals surface area contributed by atoms with Gasteiger partial charge in [0, 0.05) is 0 Å². The van der Waals surface area contributed by atoms with Crippen molar-refractivity contribution in [2.75, 3.05) is 0 Å². The topological polar surface area (TPSA) is 193 Å². The number of H-pyrrole nitrogens is 4. The number of nitrogens with one attached hydrogen (secondary N) is 4. The predicted octanol–water partition coefficient (Wildman–Crippen LogP) is -2.71. The first-order chi connectivity index (χ1) is 7.00. The Bertz CT molecular complexity index is 576. The Morgan fingerprint density at radius 1 is 1.25 bits per heavy atom. The van der Waals surface area contributed by atoms with Gasteiger partial charge in [0.2, 0.25) is 5.52 Å². The van der Waals surface area contributed by atoms with E-state index in [1.165, 1.54) is 6.33 Å². The van der Waals surface area contributed by atoms with E-state index in [1.807, 2.05) is 0 Å². The summed E-state index contributed by atoms with van der Waals surface area (Å²) in [7, 11) is 0. The average molecular weight is 233 g/mol. The molecule has 16 heavy (non-hydrogen) atoms. The van der Waals surface area contributed by atoms with E-state index in [2.05, 4.69) is 19.9 Å². The smallest absolute Gasteiger partial charge is 0.384 e. The van der Waals surface area contributed by atoms with Crippen LogP contribution in [0.4, 0.5) is 0 Å². The van der Waals surface area contributed by atoms with Crippen LogP contribution in [-0.4, -0.2) is 25.5 Å². The van der Waals surface area contributed by atoms with Gasteiger partial charge < -0.3 is 20.8 Å². The zero-order valence-electron chi connectivity index (χ0n) is 7.57. The van der Waals surface area contributed by atoms with E-state index in [4.69, 9.17) is 15.3 Å². The van der Waals surface area contributed by atoms with Crippen molar-refractivity contribution in [2.24, 2.45) is 0 Å². The van der Waals surface area contributed by atoms with Crippen LogP contribution in [0.1, 0.15) is 0 Å². The Hall–Kier alpha value is -2.69. The Balaban J connectivity index is 0.000000397. The monoisotopic (exact) mass is 233 g/mol. The molecule has 0 amide bonds. The summed E-state index contributed by atoms with van der Waals surface area (Å²) in [6.45, 7) is 0. The van der Waals surface area contributed by atoms with Crippen LogP contribution in [-0.2, 0) is 0 Å². The van der Waals surface area contributed by atoms with E-state index in [1.54, 1.807) is 0 Å². The molecular formula is C5H7N5O6. The van der Waals surface area contributed by atoms with Crippen LogP contribution < -0.4 is 16.2 Å². The molecule has 0 fully saturated rings. The molecule has 0 radical (unpaired) electrons. The fourth-order valence-electron chi connectivity index (χ4n) is 0.913. The van der Waals surface area contributed by atoms with Gasteiger partial charge in [-0.05, 0) is 0 Å². The van der Waals surface area contributed by atoms with Crippen LogP contribution in [0.25, 0.3) is 11.2 Å². The van der Waals surface area contributed by atoms with E-state index in [-0.39, 0.29) is 5.48 Å². The van der Waals surface area contributed by atoms with Crippen molar-refractivity contribution in [1.29, 1.82) is 0 Å². The third-order valence-corrected chi connectivity index (χ3v) is 1.38. The molecular weight excluding hydrogens is 226 g/mol. The summed E-state index contributed by atoms with van der Waals surface area (Å²) < 4.78 is 0. The lowest BCUT2D eigenvalue weighted by molar-refractivity contribution is -0.402. The molecule has 11 nitrogen and oxygen atoms in total. The average Bonchev–Trinajstić information content (AvgIpc) is 2.50. The van der Waals surface area contributed by atoms with E-state index in [0.29, 0.717) is 11.2 Å². The number of nitrogens with zero attached hydrogens (tertiary/aromatic N) is 1. The fourth-order valence-corrected chi connectivity index (χ4v) is 0.913. The van der Waals surface area contributed by atoms with Crippen molar-refractivity contribution in [3.8, 4) is 0 Å². The molecule has 2 aromatic heterocycles. The molecule has 11 heteroatoms. The van der Waals surface area contributed by atoms with Crippen molar-refractivity contribution in [3.05, 3.63) is 42.5 Å². The van der Waals surface area contributed by atoms with Gasteiger partial charge >= 0.3 is 5.69 Å². The van der Waals surface area contributed by atoms with Crippen LogP contribution in [0.3, 0.4) is 0 Å². The molecule has 2 aromatic rings. The van der Waals surface area contributed by atoms with Crippen LogP contribution in [0.5, 0.6) is 0 Å². The molecule has 0 aliphatic carbocycles. The minimum atomic E-state index is -1.75. The quantitative estimate of drug-likeness (QED) is 0.328. The highest BCUT2D eigenvalue weighted by Gasteiger charge is 2.06. The van der Waals surface area contributed by atoms with Crippen molar-refractivity contribution in [1.82, 2.24) is 15.0 Å². The van der Waals surface area contributed by atoms with E-state index in [0.717, 1.165) is 0 Å². The van der Waals surface area contributed by atoms with E-state index in [9.17, 15) is 9.59 Å². The first kappa shape index (κ1) is 13.3. The third-order valence-electron chi connectivity index (χ3n) is 1.38. The van der Waals surface area contributed by atoms with Gasteiger partial charge in [-0.25, -0.2) is 14.8 Å². The summed E-state index contributed by atoms with van der Waals surface area (Å²) >= 11 is 0. The van der Waals surface area contributed by atoms with Gasteiger partial charge in [0.15, 0.2) is 6.33 Å². The molecule has 6 N–H and O–H groups in total. The van der Waals surface area contributed by atoms with Gasteiger partial charge in [-0.1, -0.05) is 0 Å². The highest BCUT2D eigenvalue weighted by atomic mass is 16.9. The van der Waals surface area contributed by atoms with Crippen molar-refractivity contribution in [3.63, 3.8) is 0 Å². The Kier molecular flexibility index (Phi) is 4.37. The van der Waals surface area contributed by atoms with Gasteiger partial charge in [0.05, 0.1) is 5.09 Å². The largest absolute Gasteiger partial charge is 0.412 e. The van der Waals surface area contributed by atoms with E-state index >= 15 is 0 Å². The summed E-state index contributed by atoms with van der Waals surface area (Å²) in [5.74, 6) is 0. The van der Waals surface area contributed by atoms with Crippen molar-refractivity contribution < 1.29 is 15.5 Å². The molecule has 0 saturated carbocycles. The zero-order chi connectivity index (χ0) is 11.4. The first-order valence-corrected chi connectivity index (χ1v) is 3.53. The van der Waals surface area contributed by atoms with Crippen LogP contribution >= 0.6 is 0 Å². The number of fused-ring (bicyclic) bond motifs is 1. The Labute approximate surface area is 85.2 Å². The normalized spacial score (nSPS) is 8.75. The molecule has 0 atom stereocenters. The van der Waals surface area contributed by atoms with Gasteiger partial charge in [-0.3, -0.25) is 14.8 Å². The zero-order valence-corrected chi connectivity index (χ0v) is 7.57. The molecule has 2 rings (SSSR count). The Morgan fingerprint density at radius 2 is 1.81 bits per heavy atom. The van der Waals surface area contributed by atoms with Crippen LogP contribution in [0.2, 0.25) is 0 Å². The number of rotatable bonds is 0. The molecule has 0 unspecified atom stereocenters. The maximum Gasteiger partial charge on any atom is 0.384 e. The number of aromatic nitrogens is 4. The second-order valence-corrected chi connectivity index (χ2v) is 2.31. The van der Waals surface area contributed by atoms with Crippen LogP contribution in [0.15, 0.2) is 15.9 Å². The summed E-state index contributed by atoms with van der Waals surface area (Å²) in [5.41, 5.74) is -0.202. The Morgan fingerprint density at radius 3 is 2.38 bits per heavy atom. The van der Waals surface area contributed by atoms with Gasteiger partial charge in [-0.15, -0.1) is 0 Å².